The predicted molar refractivity (Wildman–Crippen MR) is 83.1 cm³/mol. The van der Waals surface area contributed by atoms with Crippen LogP contribution in [0.15, 0.2) is 12.1 Å². The van der Waals surface area contributed by atoms with Crippen LogP contribution in [-0.2, 0) is 13.0 Å². The lowest BCUT2D eigenvalue weighted by molar-refractivity contribution is 0.249. The summed E-state index contributed by atoms with van der Waals surface area (Å²) in [6.45, 7) is 4.36. The van der Waals surface area contributed by atoms with Gasteiger partial charge in [-0.15, -0.1) is 0 Å². The molecule has 1 N–H and O–H groups in total. The summed E-state index contributed by atoms with van der Waals surface area (Å²) in [7, 11) is 4.31. The van der Waals surface area contributed by atoms with Gasteiger partial charge in [-0.1, -0.05) is 13.3 Å². The molecular formula is C16H27N3O. The van der Waals surface area contributed by atoms with Gasteiger partial charge in [0.25, 0.3) is 0 Å². The van der Waals surface area contributed by atoms with Crippen LogP contribution >= 0.6 is 0 Å². The molecule has 0 aromatic carbocycles. The molecule has 0 bridgehead atoms. The maximum atomic E-state index is 9.41. The number of rotatable bonds is 5. The van der Waals surface area contributed by atoms with E-state index in [0.29, 0.717) is 6.04 Å². The van der Waals surface area contributed by atoms with Gasteiger partial charge in [-0.3, -0.25) is 0 Å². The van der Waals surface area contributed by atoms with Crippen LogP contribution in [0.1, 0.15) is 37.4 Å². The summed E-state index contributed by atoms with van der Waals surface area (Å²) in [5.74, 6) is 1.04. The summed E-state index contributed by atoms with van der Waals surface area (Å²) in [6.07, 6.45) is 4.43. The van der Waals surface area contributed by atoms with Gasteiger partial charge in [-0.25, -0.2) is 4.98 Å². The third-order valence-electron chi connectivity index (χ3n) is 4.13. The van der Waals surface area contributed by atoms with Crippen LogP contribution in [0.5, 0.6) is 0 Å². The van der Waals surface area contributed by atoms with Gasteiger partial charge in [-0.05, 0) is 51.1 Å². The van der Waals surface area contributed by atoms with Crippen LogP contribution in [0.3, 0.4) is 0 Å². The molecule has 0 atom stereocenters. The third-order valence-corrected chi connectivity index (χ3v) is 4.13. The van der Waals surface area contributed by atoms with Gasteiger partial charge in [0.05, 0.1) is 6.61 Å². The summed E-state index contributed by atoms with van der Waals surface area (Å²) in [6, 6.07) is 4.75. The minimum Gasteiger partial charge on any atom is -0.392 e. The maximum absolute atomic E-state index is 9.41. The van der Waals surface area contributed by atoms with Crippen molar-refractivity contribution in [3.63, 3.8) is 0 Å². The summed E-state index contributed by atoms with van der Waals surface area (Å²) in [4.78, 5) is 9.44. The molecule has 2 rings (SSSR count). The van der Waals surface area contributed by atoms with Crippen molar-refractivity contribution in [2.75, 3.05) is 32.1 Å². The van der Waals surface area contributed by atoms with E-state index in [9.17, 15) is 5.11 Å². The van der Waals surface area contributed by atoms with Crippen molar-refractivity contribution in [2.24, 2.45) is 0 Å². The summed E-state index contributed by atoms with van der Waals surface area (Å²) < 4.78 is 0. The van der Waals surface area contributed by atoms with Gasteiger partial charge in [0.2, 0.25) is 0 Å². The molecule has 0 radical (unpaired) electrons. The fourth-order valence-electron chi connectivity index (χ4n) is 2.88. The number of nitrogens with zero attached hydrogens (tertiary/aromatic N) is 3. The number of pyridine rings is 1. The quantitative estimate of drug-likeness (QED) is 0.894. The lowest BCUT2D eigenvalue weighted by atomic mass is 10.0. The van der Waals surface area contributed by atoms with E-state index in [1.54, 1.807) is 0 Å². The van der Waals surface area contributed by atoms with Crippen molar-refractivity contribution in [2.45, 2.75) is 45.3 Å². The van der Waals surface area contributed by atoms with Crippen LogP contribution < -0.4 is 4.90 Å². The Morgan fingerprint density at radius 2 is 2.00 bits per heavy atom. The van der Waals surface area contributed by atoms with Gasteiger partial charge in [-0.2, -0.15) is 0 Å². The highest BCUT2D eigenvalue weighted by molar-refractivity contribution is 5.43. The molecule has 20 heavy (non-hydrogen) atoms. The Morgan fingerprint density at radius 1 is 1.30 bits per heavy atom. The Bertz CT molecular complexity index is 426. The summed E-state index contributed by atoms with van der Waals surface area (Å²) >= 11 is 0. The standard InChI is InChI=1S/C16H27N3O/c1-4-5-14-10-13(12-20)11-16(17-14)19-8-6-15(7-9-19)18(2)3/h10-11,15,20H,4-9,12H2,1-3H3. The van der Waals surface area contributed by atoms with Crippen molar-refractivity contribution < 1.29 is 5.11 Å². The van der Waals surface area contributed by atoms with E-state index >= 15 is 0 Å². The molecule has 1 fully saturated rings. The molecule has 1 aliphatic rings. The molecule has 1 aromatic rings. The number of aliphatic hydroxyl groups excluding tert-OH is 1. The fourth-order valence-corrected chi connectivity index (χ4v) is 2.88. The van der Waals surface area contributed by atoms with Gasteiger partial charge < -0.3 is 14.9 Å². The number of hydrogen-bond acceptors (Lipinski definition) is 4. The molecule has 112 valence electrons. The van der Waals surface area contributed by atoms with Crippen molar-refractivity contribution in [1.29, 1.82) is 0 Å². The van der Waals surface area contributed by atoms with Crippen LogP contribution in [0, 0.1) is 0 Å². The number of anilines is 1. The van der Waals surface area contributed by atoms with Crippen LogP contribution in [0.4, 0.5) is 5.82 Å². The van der Waals surface area contributed by atoms with Gasteiger partial charge in [0.1, 0.15) is 5.82 Å². The molecule has 1 saturated heterocycles. The third kappa shape index (κ3) is 3.70. The number of hydrogen-bond donors (Lipinski definition) is 1. The summed E-state index contributed by atoms with van der Waals surface area (Å²) in [5.41, 5.74) is 2.08. The second kappa shape index (κ2) is 7.04. The molecule has 0 unspecified atom stereocenters. The number of aromatic nitrogens is 1. The van der Waals surface area contributed by atoms with Crippen molar-refractivity contribution in [3.8, 4) is 0 Å². The SMILES string of the molecule is CCCc1cc(CO)cc(N2CCC(N(C)C)CC2)n1. The Labute approximate surface area is 122 Å². The van der Waals surface area contributed by atoms with E-state index in [0.717, 1.165) is 43.0 Å². The topological polar surface area (TPSA) is 39.6 Å². The van der Waals surface area contributed by atoms with Crippen LogP contribution in [0.2, 0.25) is 0 Å². The first-order valence-electron chi connectivity index (χ1n) is 7.66. The Kier molecular flexibility index (Phi) is 5.38. The highest BCUT2D eigenvalue weighted by atomic mass is 16.3. The molecule has 0 saturated carbocycles. The van der Waals surface area contributed by atoms with E-state index in [4.69, 9.17) is 4.98 Å². The maximum Gasteiger partial charge on any atom is 0.129 e. The van der Waals surface area contributed by atoms with E-state index in [1.807, 2.05) is 12.1 Å². The second-order valence-corrected chi connectivity index (χ2v) is 5.91. The molecule has 1 aliphatic heterocycles. The normalized spacial score (nSPS) is 16.9. The first-order valence-corrected chi connectivity index (χ1v) is 7.66. The smallest absolute Gasteiger partial charge is 0.129 e. The largest absolute Gasteiger partial charge is 0.392 e. The number of aryl methyl sites for hydroxylation is 1. The van der Waals surface area contributed by atoms with Gasteiger partial charge >= 0.3 is 0 Å². The molecule has 4 heteroatoms. The van der Waals surface area contributed by atoms with Gasteiger partial charge in [0.15, 0.2) is 0 Å². The highest BCUT2D eigenvalue weighted by Gasteiger charge is 2.21. The first kappa shape index (κ1) is 15.3. The Morgan fingerprint density at radius 3 is 2.55 bits per heavy atom. The van der Waals surface area contributed by atoms with Crippen molar-refractivity contribution in [1.82, 2.24) is 9.88 Å². The zero-order valence-electron chi connectivity index (χ0n) is 13.0. The Hall–Kier alpha value is -1.13. The van der Waals surface area contributed by atoms with E-state index in [2.05, 4.69) is 30.8 Å². The van der Waals surface area contributed by atoms with Crippen molar-refractivity contribution >= 4 is 5.82 Å². The second-order valence-electron chi connectivity index (χ2n) is 5.91. The average Bonchev–Trinajstić information content (AvgIpc) is 2.47. The van der Waals surface area contributed by atoms with Crippen molar-refractivity contribution in [3.05, 3.63) is 23.4 Å². The molecule has 2 heterocycles. The zero-order valence-corrected chi connectivity index (χ0v) is 13.0. The minimum atomic E-state index is 0.0976. The average molecular weight is 277 g/mol. The first-order chi connectivity index (χ1) is 9.63. The highest BCUT2D eigenvalue weighted by Crippen LogP contribution is 2.22. The van der Waals surface area contributed by atoms with Gasteiger partial charge in [0, 0.05) is 24.8 Å². The minimum absolute atomic E-state index is 0.0976. The van der Waals surface area contributed by atoms with E-state index < -0.39 is 0 Å². The molecule has 1 aromatic heterocycles. The monoisotopic (exact) mass is 277 g/mol. The number of piperidine rings is 1. The molecule has 0 spiro atoms. The van der Waals surface area contributed by atoms with E-state index in [-0.39, 0.29) is 6.61 Å². The lowest BCUT2D eigenvalue weighted by Gasteiger charge is -2.36. The zero-order chi connectivity index (χ0) is 14.5. The lowest BCUT2D eigenvalue weighted by Crippen LogP contribution is -2.42. The molecule has 0 aliphatic carbocycles. The van der Waals surface area contributed by atoms with Crippen LogP contribution in [0.25, 0.3) is 0 Å². The molecular weight excluding hydrogens is 250 g/mol. The predicted octanol–water partition coefficient (Wildman–Crippen LogP) is 2.06. The Balaban J connectivity index is 2.10. The van der Waals surface area contributed by atoms with Crippen LogP contribution in [-0.4, -0.2) is 48.2 Å². The molecule has 4 nitrogen and oxygen atoms in total. The fraction of sp³-hybridized carbons (Fsp3) is 0.688. The summed E-state index contributed by atoms with van der Waals surface area (Å²) in [5, 5.41) is 9.41. The number of aliphatic hydroxyl groups is 1. The molecule has 0 amide bonds. The van der Waals surface area contributed by atoms with E-state index in [1.165, 1.54) is 12.8 Å².